The number of likely N-dealkylation sites (tertiary alicyclic amines) is 1. The third-order valence-corrected chi connectivity index (χ3v) is 3.38. The van der Waals surface area contributed by atoms with E-state index in [1.807, 2.05) is 7.11 Å². The summed E-state index contributed by atoms with van der Waals surface area (Å²) in [6, 6.07) is 2.19. The predicted molar refractivity (Wildman–Crippen MR) is 67.9 cm³/mol. The summed E-state index contributed by atoms with van der Waals surface area (Å²) in [5, 5.41) is 7.47. The summed E-state index contributed by atoms with van der Waals surface area (Å²) in [6.07, 6.45) is 5.05. The Balaban J connectivity index is 1.86. The van der Waals surface area contributed by atoms with Crippen molar-refractivity contribution in [3.8, 4) is 0 Å². The SMILES string of the molecule is CCCc1cc(CN2CCC[C@@H](OC)C2)[nH]n1. The molecule has 4 nitrogen and oxygen atoms in total. The molecule has 2 rings (SSSR count). The van der Waals surface area contributed by atoms with Gasteiger partial charge in [0, 0.05) is 25.9 Å². The Hall–Kier alpha value is -0.870. The summed E-state index contributed by atoms with van der Waals surface area (Å²) in [5.41, 5.74) is 2.41. The van der Waals surface area contributed by atoms with Crippen molar-refractivity contribution in [2.24, 2.45) is 0 Å². The van der Waals surface area contributed by atoms with Gasteiger partial charge in [0.1, 0.15) is 0 Å². The summed E-state index contributed by atoms with van der Waals surface area (Å²) >= 11 is 0. The number of hydrogen-bond donors (Lipinski definition) is 1. The van der Waals surface area contributed by atoms with Gasteiger partial charge in [0.25, 0.3) is 0 Å². The Kier molecular flexibility index (Phi) is 4.57. The highest BCUT2D eigenvalue weighted by Gasteiger charge is 2.19. The fourth-order valence-corrected chi connectivity index (χ4v) is 2.46. The molecule has 1 atom stereocenters. The van der Waals surface area contributed by atoms with Crippen molar-refractivity contribution >= 4 is 0 Å². The van der Waals surface area contributed by atoms with Crippen LogP contribution in [0.4, 0.5) is 0 Å². The molecule has 0 radical (unpaired) electrons. The number of nitrogens with one attached hydrogen (secondary N) is 1. The summed E-state index contributed by atoms with van der Waals surface area (Å²) in [7, 11) is 1.81. The maximum atomic E-state index is 5.44. The lowest BCUT2D eigenvalue weighted by atomic mass is 10.1. The van der Waals surface area contributed by atoms with Gasteiger partial charge in [-0.3, -0.25) is 10.00 Å². The van der Waals surface area contributed by atoms with Crippen LogP contribution in [-0.2, 0) is 17.7 Å². The van der Waals surface area contributed by atoms with Gasteiger partial charge in [0.05, 0.1) is 11.8 Å². The zero-order valence-electron chi connectivity index (χ0n) is 10.9. The van der Waals surface area contributed by atoms with Crippen molar-refractivity contribution in [1.29, 1.82) is 0 Å². The molecule has 0 bridgehead atoms. The second-order valence-electron chi connectivity index (χ2n) is 4.87. The van der Waals surface area contributed by atoms with Gasteiger partial charge in [0.2, 0.25) is 0 Å². The van der Waals surface area contributed by atoms with Crippen LogP contribution < -0.4 is 0 Å². The fourth-order valence-electron chi connectivity index (χ4n) is 2.46. The fraction of sp³-hybridized carbons (Fsp3) is 0.769. The number of nitrogens with zero attached hydrogens (tertiary/aromatic N) is 2. The molecule has 0 aromatic carbocycles. The van der Waals surface area contributed by atoms with Crippen molar-refractivity contribution in [1.82, 2.24) is 15.1 Å². The smallest absolute Gasteiger partial charge is 0.0698 e. The highest BCUT2D eigenvalue weighted by molar-refractivity contribution is 5.08. The number of aromatic nitrogens is 2. The molecule has 1 fully saturated rings. The molecule has 1 aliphatic rings. The first-order valence-electron chi connectivity index (χ1n) is 6.60. The minimum Gasteiger partial charge on any atom is -0.380 e. The lowest BCUT2D eigenvalue weighted by Crippen LogP contribution is -2.38. The van der Waals surface area contributed by atoms with Gasteiger partial charge in [0.15, 0.2) is 0 Å². The number of rotatable bonds is 5. The molecule has 1 saturated heterocycles. The maximum absolute atomic E-state index is 5.44. The zero-order chi connectivity index (χ0) is 12.1. The van der Waals surface area contributed by atoms with E-state index in [4.69, 9.17) is 4.74 Å². The van der Waals surface area contributed by atoms with Crippen LogP contribution >= 0.6 is 0 Å². The summed E-state index contributed by atoms with van der Waals surface area (Å²) in [6.45, 7) is 5.36. The van der Waals surface area contributed by atoms with Crippen LogP contribution in [0.1, 0.15) is 37.6 Å². The number of H-pyrrole nitrogens is 1. The number of aryl methyl sites for hydroxylation is 1. The zero-order valence-corrected chi connectivity index (χ0v) is 10.9. The Labute approximate surface area is 103 Å². The van der Waals surface area contributed by atoms with Gasteiger partial charge < -0.3 is 4.74 Å². The lowest BCUT2D eigenvalue weighted by Gasteiger charge is -2.31. The highest BCUT2D eigenvalue weighted by Crippen LogP contribution is 2.15. The standard InChI is InChI=1S/C13H23N3O/c1-3-5-11-8-12(15-14-11)9-16-7-4-6-13(10-16)17-2/h8,13H,3-7,9-10H2,1-2H3,(H,14,15)/t13-/m1/s1. The van der Waals surface area contributed by atoms with Crippen LogP contribution in [0.3, 0.4) is 0 Å². The number of aromatic amines is 1. The van der Waals surface area contributed by atoms with Gasteiger partial charge in [-0.1, -0.05) is 13.3 Å². The first kappa shape index (κ1) is 12.6. The molecule has 1 aromatic rings. The van der Waals surface area contributed by atoms with E-state index >= 15 is 0 Å². The average molecular weight is 237 g/mol. The minimum absolute atomic E-state index is 0.404. The molecule has 96 valence electrons. The first-order chi connectivity index (χ1) is 8.31. The van der Waals surface area contributed by atoms with Crippen LogP contribution in [0.2, 0.25) is 0 Å². The lowest BCUT2D eigenvalue weighted by molar-refractivity contribution is 0.0281. The molecular weight excluding hydrogens is 214 g/mol. The number of hydrogen-bond acceptors (Lipinski definition) is 3. The molecule has 0 amide bonds. The summed E-state index contributed by atoms with van der Waals surface area (Å²) in [5.74, 6) is 0. The van der Waals surface area contributed by atoms with Crippen molar-refractivity contribution in [2.45, 2.75) is 45.3 Å². The quantitative estimate of drug-likeness (QED) is 0.851. The van der Waals surface area contributed by atoms with Gasteiger partial charge in [-0.25, -0.2) is 0 Å². The normalized spacial score (nSPS) is 21.9. The molecule has 4 heteroatoms. The van der Waals surface area contributed by atoms with Gasteiger partial charge >= 0.3 is 0 Å². The summed E-state index contributed by atoms with van der Waals surface area (Å²) < 4.78 is 5.44. The molecule has 17 heavy (non-hydrogen) atoms. The Morgan fingerprint density at radius 2 is 2.47 bits per heavy atom. The minimum atomic E-state index is 0.404. The van der Waals surface area contributed by atoms with Crippen LogP contribution in [0.15, 0.2) is 6.07 Å². The predicted octanol–water partition coefficient (Wildman–Crippen LogP) is 1.97. The van der Waals surface area contributed by atoms with Crippen LogP contribution in [-0.4, -0.2) is 41.4 Å². The van der Waals surface area contributed by atoms with E-state index in [-0.39, 0.29) is 0 Å². The van der Waals surface area contributed by atoms with E-state index in [1.54, 1.807) is 0 Å². The number of ether oxygens (including phenoxy) is 1. The summed E-state index contributed by atoms with van der Waals surface area (Å²) in [4.78, 5) is 2.45. The molecular formula is C13H23N3O. The van der Waals surface area contributed by atoms with E-state index in [0.717, 1.165) is 25.9 Å². The van der Waals surface area contributed by atoms with E-state index < -0.39 is 0 Å². The third kappa shape index (κ3) is 3.54. The van der Waals surface area contributed by atoms with E-state index in [9.17, 15) is 0 Å². The number of piperidine rings is 1. The van der Waals surface area contributed by atoms with Crippen molar-refractivity contribution in [3.05, 3.63) is 17.5 Å². The molecule has 0 unspecified atom stereocenters. The van der Waals surface area contributed by atoms with Crippen molar-refractivity contribution < 1.29 is 4.74 Å². The third-order valence-electron chi connectivity index (χ3n) is 3.38. The highest BCUT2D eigenvalue weighted by atomic mass is 16.5. The maximum Gasteiger partial charge on any atom is 0.0698 e. The van der Waals surface area contributed by atoms with Gasteiger partial charge in [-0.2, -0.15) is 5.10 Å². The monoisotopic (exact) mass is 237 g/mol. The van der Waals surface area contributed by atoms with Crippen LogP contribution in [0.5, 0.6) is 0 Å². The average Bonchev–Trinajstić information content (AvgIpc) is 2.77. The molecule has 2 heterocycles. The first-order valence-corrected chi connectivity index (χ1v) is 6.60. The Morgan fingerprint density at radius 3 is 3.24 bits per heavy atom. The molecule has 0 aliphatic carbocycles. The van der Waals surface area contributed by atoms with Gasteiger partial charge in [-0.15, -0.1) is 0 Å². The van der Waals surface area contributed by atoms with Crippen molar-refractivity contribution in [3.63, 3.8) is 0 Å². The van der Waals surface area contributed by atoms with E-state index in [0.29, 0.717) is 6.10 Å². The molecule has 1 aromatic heterocycles. The largest absolute Gasteiger partial charge is 0.380 e. The van der Waals surface area contributed by atoms with E-state index in [2.05, 4.69) is 28.1 Å². The Morgan fingerprint density at radius 1 is 1.59 bits per heavy atom. The molecule has 0 spiro atoms. The molecule has 0 saturated carbocycles. The van der Waals surface area contributed by atoms with E-state index in [1.165, 1.54) is 30.8 Å². The Bertz CT molecular complexity index is 337. The van der Waals surface area contributed by atoms with Crippen LogP contribution in [0.25, 0.3) is 0 Å². The second kappa shape index (κ2) is 6.17. The molecule has 1 N–H and O–H groups in total. The number of methoxy groups -OCH3 is 1. The molecule has 1 aliphatic heterocycles. The second-order valence-corrected chi connectivity index (χ2v) is 4.87. The topological polar surface area (TPSA) is 41.1 Å². The van der Waals surface area contributed by atoms with Crippen molar-refractivity contribution in [2.75, 3.05) is 20.2 Å². The van der Waals surface area contributed by atoms with Gasteiger partial charge in [-0.05, 0) is 31.9 Å². The van der Waals surface area contributed by atoms with Crippen LogP contribution in [0, 0.1) is 0 Å².